The molecule has 0 aliphatic carbocycles. The molecule has 0 spiro atoms. The van der Waals surface area contributed by atoms with Crippen molar-refractivity contribution in [1.29, 1.82) is 0 Å². The lowest BCUT2D eigenvalue weighted by atomic mass is 10.0. The predicted molar refractivity (Wildman–Crippen MR) is 102 cm³/mol. The van der Waals surface area contributed by atoms with Crippen molar-refractivity contribution in [2.24, 2.45) is 0 Å². The summed E-state index contributed by atoms with van der Waals surface area (Å²) in [5.41, 5.74) is 3.87. The number of hydrogen-bond donors (Lipinski definition) is 1. The van der Waals surface area contributed by atoms with Gasteiger partial charge in [-0.2, -0.15) is 0 Å². The van der Waals surface area contributed by atoms with Gasteiger partial charge in [0.15, 0.2) is 6.10 Å². The molecule has 4 heteroatoms. The Morgan fingerprint density at radius 3 is 2.54 bits per heavy atom. The van der Waals surface area contributed by atoms with Crippen LogP contribution < -0.4 is 0 Å². The maximum absolute atomic E-state index is 12.4. The zero-order valence-corrected chi connectivity index (χ0v) is 15.1. The smallest absolute Gasteiger partial charge is 0.306 e. The van der Waals surface area contributed by atoms with Crippen LogP contribution in [-0.2, 0) is 22.4 Å². The van der Waals surface area contributed by atoms with Gasteiger partial charge in [0.2, 0.25) is 5.78 Å². The number of carbonyl (C=O) groups excluding carboxylic acids is 2. The molecule has 3 rings (SSSR count). The second kappa shape index (κ2) is 8.00. The van der Waals surface area contributed by atoms with E-state index in [1.54, 1.807) is 19.1 Å². The van der Waals surface area contributed by atoms with Gasteiger partial charge in [-0.3, -0.25) is 9.59 Å². The van der Waals surface area contributed by atoms with Gasteiger partial charge in [0.05, 0.1) is 0 Å². The number of benzene rings is 2. The van der Waals surface area contributed by atoms with Crippen LogP contribution in [0.2, 0.25) is 0 Å². The number of fused-ring (bicyclic) bond motifs is 1. The molecule has 0 aliphatic rings. The number of esters is 1. The molecule has 2 aromatic carbocycles. The van der Waals surface area contributed by atoms with Crippen molar-refractivity contribution in [2.75, 3.05) is 0 Å². The van der Waals surface area contributed by atoms with Crippen molar-refractivity contribution in [1.82, 2.24) is 4.98 Å². The minimum Gasteiger partial charge on any atom is -0.454 e. The highest BCUT2D eigenvalue weighted by atomic mass is 16.5. The van der Waals surface area contributed by atoms with Gasteiger partial charge in [-0.25, -0.2) is 0 Å². The number of Topliss-reactive ketones (excluding diaryl/α,β-unsaturated/α-hetero) is 1. The second-order valence-corrected chi connectivity index (χ2v) is 6.41. The van der Waals surface area contributed by atoms with Crippen LogP contribution in [0.5, 0.6) is 0 Å². The van der Waals surface area contributed by atoms with Gasteiger partial charge in [0, 0.05) is 29.1 Å². The highest BCUT2D eigenvalue weighted by Gasteiger charge is 2.19. The van der Waals surface area contributed by atoms with E-state index in [2.05, 4.69) is 11.9 Å². The molecule has 1 atom stereocenters. The first-order valence-corrected chi connectivity index (χ1v) is 8.96. The number of nitrogens with one attached hydrogen (secondary N) is 1. The fraction of sp³-hybridized carbons (Fsp3) is 0.273. The van der Waals surface area contributed by atoms with Crippen molar-refractivity contribution < 1.29 is 14.3 Å². The topological polar surface area (TPSA) is 59.2 Å². The molecule has 1 heterocycles. The molecular formula is C22H23NO3. The van der Waals surface area contributed by atoms with Crippen LogP contribution in [-0.4, -0.2) is 22.8 Å². The molecular weight excluding hydrogens is 326 g/mol. The van der Waals surface area contributed by atoms with Gasteiger partial charge in [0.1, 0.15) is 0 Å². The second-order valence-electron chi connectivity index (χ2n) is 6.41. The number of aryl methyl sites for hydroxylation is 2. The Kier molecular flexibility index (Phi) is 5.52. The van der Waals surface area contributed by atoms with Crippen LogP contribution >= 0.6 is 0 Å². The summed E-state index contributed by atoms with van der Waals surface area (Å²) in [6, 6.07) is 15.4. The van der Waals surface area contributed by atoms with Crippen molar-refractivity contribution in [2.45, 2.75) is 39.2 Å². The van der Waals surface area contributed by atoms with E-state index in [9.17, 15) is 9.59 Å². The number of H-pyrrole nitrogens is 1. The van der Waals surface area contributed by atoms with Crippen molar-refractivity contribution >= 4 is 22.7 Å². The van der Waals surface area contributed by atoms with Gasteiger partial charge < -0.3 is 9.72 Å². The number of aromatic amines is 1. The molecule has 3 aromatic rings. The largest absolute Gasteiger partial charge is 0.454 e. The minimum absolute atomic E-state index is 0.173. The number of ether oxygens (including phenoxy) is 1. The summed E-state index contributed by atoms with van der Waals surface area (Å²) in [6.07, 6.45) is 2.88. The normalized spacial score (nSPS) is 12.1. The molecule has 0 aliphatic heterocycles. The van der Waals surface area contributed by atoms with E-state index in [0.29, 0.717) is 12.0 Å². The first kappa shape index (κ1) is 17.9. The Balaban J connectivity index is 1.56. The lowest BCUT2D eigenvalue weighted by molar-refractivity contribution is -0.146. The Morgan fingerprint density at radius 1 is 1.08 bits per heavy atom. The molecule has 0 saturated heterocycles. The van der Waals surface area contributed by atoms with Crippen molar-refractivity contribution in [3.63, 3.8) is 0 Å². The van der Waals surface area contributed by atoms with Crippen LogP contribution in [0.4, 0.5) is 0 Å². The summed E-state index contributed by atoms with van der Waals surface area (Å²) in [5, 5.41) is 1.11. The minimum atomic E-state index is -0.780. The van der Waals surface area contributed by atoms with Crippen molar-refractivity contribution in [3.8, 4) is 0 Å². The third-order valence-electron chi connectivity index (χ3n) is 4.60. The summed E-state index contributed by atoms with van der Waals surface area (Å²) < 4.78 is 5.33. The van der Waals surface area contributed by atoms with Gasteiger partial charge in [0.25, 0.3) is 0 Å². The SMILES string of the molecule is CCc1ccc(C(=O)[C@H](C)OC(=O)CCc2c[nH]c3ccccc23)cc1. The zero-order chi connectivity index (χ0) is 18.5. The summed E-state index contributed by atoms with van der Waals surface area (Å²) in [5.74, 6) is -0.533. The monoisotopic (exact) mass is 349 g/mol. The van der Waals surface area contributed by atoms with E-state index in [4.69, 9.17) is 4.74 Å². The predicted octanol–water partition coefficient (Wildman–Crippen LogP) is 4.48. The third-order valence-corrected chi connectivity index (χ3v) is 4.60. The van der Waals surface area contributed by atoms with Crippen LogP contribution in [0.15, 0.2) is 54.7 Å². The molecule has 0 radical (unpaired) electrons. The number of rotatable bonds is 7. The molecule has 134 valence electrons. The van der Waals surface area contributed by atoms with Crippen LogP contribution in [0, 0.1) is 0 Å². The summed E-state index contributed by atoms with van der Waals surface area (Å²) in [7, 11) is 0. The van der Waals surface area contributed by atoms with E-state index in [0.717, 1.165) is 22.9 Å². The molecule has 0 unspecified atom stereocenters. The molecule has 1 N–H and O–H groups in total. The van der Waals surface area contributed by atoms with Gasteiger partial charge >= 0.3 is 5.97 Å². The molecule has 0 fully saturated rings. The molecule has 0 bridgehead atoms. The highest BCUT2D eigenvalue weighted by molar-refractivity contribution is 6.00. The standard InChI is InChI=1S/C22H23NO3/c1-3-16-8-10-17(11-9-16)22(25)15(2)26-21(24)13-12-18-14-23-20-7-5-4-6-19(18)20/h4-11,14-15,23H,3,12-13H2,1-2H3/t15-/m0/s1. The van der Waals surface area contributed by atoms with E-state index >= 15 is 0 Å². The van der Waals surface area contributed by atoms with Crippen LogP contribution in [0.25, 0.3) is 10.9 Å². The summed E-state index contributed by atoms with van der Waals surface area (Å²) >= 11 is 0. The Hall–Kier alpha value is -2.88. The average Bonchev–Trinajstić information content (AvgIpc) is 3.09. The Bertz CT molecular complexity index is 909. The number of aromatic nitrogens is 1. The van der Waals surface area contributed by atoms with Crippen molar-refractivity contribution in [3.05, 3.63) is 71.4 Å². The quantitative estimate of drug-likeness (QED) is 0.505. The van der Waals surface area contributed by atoms with E-state index < -0.39 is 6.10 Å². The van der Waals surface area contributed by atoms with Crippen LogP contribution in [0.1, 0.15) is 41.8 Å². The average molecular weight is 349 g/mol. The van der Waals surface area contributed by atoms with Gasteiger partial charge in [-0.05, 0) is 37.0 Å². The molecule has 4 nitrogen and oxygen atoms in total. The van der Waals surface area contributed by atoms with Crippen LogP contribution in [0.3, 0.4) is 0 Å². The lowest BCUT2D eigenvalue weighted by Gasteiger charge is -2.12. The lowest BCUT2D eigenvalue weighted by Crippen LogP contribution is -2.24. The molecule has 1 aromatic heterocycles. The highest BCUT2D eigenvalue weighted by Crippen LogP contribution is 2.19. The number of para-hydroxylation sites is 1. The zero-order valence-electron chi connectivity index (χ0n) is 15.1. The first-order valence-electron chi connectivity index (χ1n) is 8.96. The Morgan fingerprint density at radius 2 is 1.81 bits per heavy atom. The number of ketones is 1. The maximum Gasteiger partial charge on any atom is 0.306 e. The number of carbonyl (C=O) groups is 2. The summed E-state index contributed by atoms with van der Waals surface area (Å²) in [6.45, 7) is 3.69. The van der Waals surface area contributed by atoms with Gasteiger partial charge in [-0.1, -0.05) is 49.4 Å². The molecule has 0 saturated carbocycles. The molecule has 26 heavy (non-hydrogen) atoms. The van der Waals surface area contributed by atoms with Gasteiger partial charge in [-0.15, -0.1) is 0 Å². The first-order chi connectivity index (χ1) is 12.6. The van der Waals surface area contributed by atoms with E-state index in [1.165, 1.54) is 5.56 Å². The molecule has 0 amide bonds. The third kappa shape index (κ3) is 4.02. The maximum atomic E-state index is 12.4. The number of hydrogen-bond acceptors (Lipinski definition) is 3. The van der Waals surface area contributed by atoms with E-state index in [1.807, 2.05) is 42.6 Å². The summed E-state index contributed by atoms with van der Waals surface area (Å²) in [4.78, 5) is 27.7. The Labute approximate surface area is 153 Å². The fourth-order valence-corrected chi connectivity index (χ4v) is 3.02. The van der Waals surface area contributed by atoms with E-state index in [-0.39, 0.29) is 18.2 Å². The fourth-order valence-electron chi connectivity index (χ4n) is 3.02.